The first-order chi connectivity index (χ1) is 16.1. The van der Waals surface area contributed by atoms with Crippen molar-refractivity contribution in [1.29, 1.82) is 0 Å². The molecule has 4 rings (SSSR count). The number of anilines is 2. The van der Waals surface area contributed by atoms with Crippen LogP contribution in [0.15, 0.2) is 41.3 Å². The number of likely N-dealkylation sites (N-methyl/N-ethyl adjacent to an activating group) is 1. The SMILES string of the molecule is Cc1cccc(N2CCN(C(=O)CN(C)S(=O)(=O)c3cc4c(cc3C)NC(=O)CO4)CC2C)c1. The van der Waals surface area contributed by atoms with Gasteiger partial charge in [0.2, 0.25) is 15.9 Å². The smallest absolute Gasteiger partial charge is 0.262 e. The first-order valence-corrected chi connectivity index (χ1v) is 12.6. The van der Waals surface area contributed by atoms with Crippen LogP contribution in [0.25, 0.3) is 0 Å². The van der Waals surface area contributed by atoms with Crippen LogP contribution >= 0.6 is 0 Å². The lowest BCUT2D eigenvalue weighted by molar-refractivity contribution is -0.132. The van der Waals surface area contributed by atoms with Gasteiger partial charge in [-0.05, 0) is 50.1 Å². The van der Waals surface area contributed by atoms with Crippen molar-refractivity contribution in [3.63, 3.8) is 0 Å². The van der Waals surface area contributed by atoms with Crippen molar-refractivity contribution in [2.24, 2.45) is 0 Å². The molecule has 2 amide bonds. The largest absolute Gasteiger partial charge is 0.482 e. The molecule has 1 saturated heterocycles. The van der Waals surface area contributed by atoms with Crippen LogP contribution in [0.3, 0.4) is 0 Å². The zero-order chi connectivity index (χ0) is 24.6. The molecule has 0 spiro atoms. The lowest BCUT2D eigenvalue weighted by Gasteiger charge is -2.41. The molecule has 1 atom stereocenters. The Morgan fingerprint density at radius 1 is 1.21 bits per heavy atom. The maximum atomic E-state index is 13.3. The molecule has 182 valence electrons. The van der Waals surface area contributed by atoms with E-state index in [1.807, 2.05) is 6.07 Å². The molecule has 2 heterocycles. The van der Waals surface area contributed by atoms with E-state index in [0.29, 0.717) is 36.6 Å². The summed E-state index contributed by atoms with van der Waals surface area (Å²) in [6.07, 6.45) is 0. The van der Waals surface area contributed by atoms with Gasteiger partial charge in [-0.3, -0.25) is 9.59 Å². The van der Waals surface area contributed by atoms with Gasteiger partial charge in [0.25, 0.3) is 5.91 Å². The second-order valence-corrected chi connectivity index (χ2v) is 10.9. The Morgan fingerprint density at radius 3 is 2.68 bits per heavy atom. The van der Waals surface area contributed by atoms with E-state index < -0.39 is 10.0 Å². The van der Waals surface area contributed by atoms with Crippen molar-refractivity contribution in [2.75, 3.05) is 50.1 Å². The highest BCUT2D eigenvalue weighted by molar-refractivity contribution is 7.89. The van der Waals surface area contributed by atoms with Crippen molar-refractivity contribution in [2.45, 2.75) is 31.7 Å². The number of hydrogen-bond donors (Lipinski definition) is 1. The molecule has 0 aromatic heterocycles. The van der Waals surface area contributed by atoms with Gasteiger partial charge in [-0.2, -0.15) is 4.31 Å². The van der Waals surface area contributed by atoms with Gasteiger partial charge >= 0.3 is 0 Å². The van der Waals surface area contributed by atoms with E-state index >= 15 is 0 Å². The minimum Gasteiger partial charge on any atom is -0.482 e. The van der Waals surface area contributed by atoms with Crippen LogP contribution in [0.2, 0.25) is 0 Å². The fourth-order valence-electron chi connectivity index (χ4n) is 4.41. The van der Waals surface area contributed by atoms with Gasteiger partial charge in [-0.1, -0.05) is 12.1 Å². The number of aryl methyl sites for hydroxylation is 2. The topological polar surface area (TPSA) is 99.3 Å². The van der Waals surface area contributed by atoms with Crippen molar-refractivity contribution in [1.82, 2.24) is 9.21 Å². The monoisotopic (exact) mass is 486 g/mol. The van der Waals surface area contributed by atoms with Crippen LogP contribution in [0.1, 0.15) is 18.1 Å². The van der Waals surface area contributed by atoms with E-state index in [0.717, 1.165) is 9.99 Å². The van der Waals surface area contributed by atoms with Crippen molar-refractivity contribution in [3.8, 4) is 5.75 Å². The lowest BCUT2D eigenvalue weighted by atomic mass is 10.1. The highest BCUT2D eigenvalue weighted by Gasteiger charge is 2.31. The van der Waals surface area contributed by atoms with E-state index in [-0.39, 0.29) is 35.9 Å². The Morgan fingerprint density at radius 2 is 1.97 bits per heavy atom. The number of hydrogen-bond acceptors (Lipinski definition) is 6. The molecule has 0 radical (unpaired) electrons. The van der Waals surface area contributed by atoms with Crippen LogP contribution in [-0.2, 0) is 19.6 Å². The Kier molecular flexibility index (Phi) is 6.55. The molecular formula is C24H30N4O5S. The van der Waals surface area contributed by atoms with Crippen molar-refractivity contribution in [3.05, 3.63) is 47.5 Å². The van der Waals surface area contributed by atoms with E-state index in [1.54, 1.807) is 17.9 Å². The third-order valence-electron chi connectivity index (χ3n) is 6.27. The zero-order valence-electron chi connectivity index (χ0n) is 19.9. The maximum Gasteiger partial charge on any atom is 0.262 e. The van der Waals surface area contributed by atoms with Crippen LogP contribution in [-0.4, -0.2) is 75.3 Å². The predicted molar refractivity (Wildman–Crippen MR) is 130 cm³/mol. The molecule has 1 fully saturated rings. The average Bonchev–Trinajstić information content (AvgIpc) is 2.78. The number of piperazine rings is 1. The molecule has 9 nitrogen and oxygen atoms in total. The van der Waals surface area contributed by atoms with E-state index in [2.05, 4.69) is 42.3 Å². The fourth-order valence-corrected chi connectivity index (χ4v) is 5.75. The van der Waals surface area contributed by atoms with Crippen molar-refractivity contribution < 1.29 is 22.7 Å². The third kappa shape index (κ3) is 4.74. The maximum absolute atomic E-state index is 13.3. The summed E-state index contributed by atoms with van der Waals surface area (Å²) in [5.41, 5.74) is 3.21. The first-order valence-electron chi connectivity index (χ1n) is 11.2. The Labute approximate surface area is 200 Å². The Hall–Kier alpha value is -3.11. The molecule has 1 unspecified atom stereocenters. The number of nitrogens with zero attached hydrogens (tertiary/aromatic N) is 3. The zero-order valence-corrected chi connectivity index (χ0v) is 20.7. The second kappa shape index (κ2) is 9.27. The van der Waals surface area contributed by atoms with E-state index in [9.17, 15) is 18.0 Å². The van der Waals surface area contributed by atoms with Gasteiger partial charge in [0.05, 0.1) is 17.1 Å². The third-order valence-corrected chi connectivity index (χ3v) is 8.22. The number of amides is 2. The highest BCUT2D eigenvalue weighted by Crippen LogP contribution is 2.34. The molecule has 2 aliphatic heterocycles. The minimum absolute atomic E-state index is 0.0512. The number of carbonyl (C=O) groups is 2. The summed E-state index contributed by atoms with van der Waals surface area (Å²) in [5, 5.41) is 2.67. The van der Waals surface area contributed by atoms with Crippen LogP contribution < -0.4 is 15.0 Å². The number of carbonyl (C=O) groups excluding carboxylic acids is 2. The number of ether oxygens (including phenoxy) is 1. The molecule has 1 N–H and O–H groups in total. The summed E-state index contributed by atoms with van der Waals surface area (Å²) >= 11 is 0. The normalized spacial score (nSPS) is 18.4. The van der Waals surface area contributed by atoms with Crippen LogP contribution in [0.5, 0.6) is 5.75 Å². The van der Waals surface area contributed by atoms with E-state index in [4.69, 9.17) is 4.74 Å². The Balaban J connectivity index is 1.44. The highest BCUT2D eigenvalue weighted by atomic mass is 32.2. The number of rotatable bonds is 5. The molecule has 34 heavy (non-hydrogen) atoms. The fraction of sp³-hybridized carbons (Fsp3) is 0.417. The van der Waals surface area contributed by atoms with Crippen LogP contribution in [0.4, 0.5) is 11.4 Å². The molecule has 0 bridgehead atoms. The number of sulfonamides is 1. The summed E-state index contributed by atoms with van der Waals surface area (Å²) in [7, 11) is -2.54. The molecule has 2 aromatic rings. The van der Waals surface area contributed by atoms with Crippen LogP contribution in [0, 0.1) is 13.8 Å². The molecule has 10 heteroatoms. The molecule has 0 aliphatic carbocycles. The quantitative estimate of drug-likeness (QED) is 0.694. The molecule has 2 aromatic carbocycles. The first kappa shape index (κ1) is 24.0. The predicted octanol–water partition coefficient (Wildman–Crippen LogP) is 1.99. The Bertz CT molecular complexity index is 1230. The summed E-state index contributed by atoms with van der Waals surface area (Å²) in [6, 6.07) is 11.4. The van der Waals surface area contributed by atoms with Gasteiger partial charge in [0.1, 0.15) is 5.75 Å². The lowest BCUT2D eigenvalue weighted by Crippen LogP contribution is -2.55. The molecule has 2 aliphatic rings. The average molecular weight is 487 g/mol. The second-order valence-electron chi connectivity index (χ2n) is 8.93. The van der Waals surface area contributed by atoms with Gasteiger partial charge < -0.3 is 19.9 Å². The molecular weight excluding hydrogens is 456 g/mol. The summed E-state index contributed by atoms with van der Waals surface area (Å²) in [6.45, 7) is 7.07. The van der Waals surface area contributed by atoms with Crippen molar-refractivity contribution >= 4 is 33.2 Å². The number of nitrogens with one attached hydrogen (secondary N) is 1. The molecule has 0 saturated carbocycles. The summed E-state index contributed by atoms with van der Waals surface area (Å²) in [5.74, 6) is -0.229. The van der Waals surface area contributed by atoms with Gasteiger partial charge in [-0.25, -0.2) is 8.42 Å². The minimum atomic E-state index is -3.94. The summed E-state index contributed by atoms with van der Waals surface area (Å²) in [4.78, 5) is 28.6. The van der Waals surface area contributed by atoms with E-state index in [1.165, 1.54) is 18.7 Å². The van der Waals surface area contributed by atoms with Gasteiger partial charge in [0.15, 0.2) is 6.61 Å². The van der Waals surface area contributed by atoms with Gasteiger partial charge in [0, 0.05) is 44.5 Å². The number of fused-ring (bicyclic) bond motifs is 1. The summed E-state index contributed by atoms with van der Waals surface area (Å²) < 4.78 is 33.0. The van der Waals surface area contributed by atoms with Gasteiger partial charge in [-0.15, -0.1) is 0 Å². The number of benzene rings is 2. The standard InChI is InChI=1S/C24H30N4O5S/c1-16-6-5-7-19(10-16)28-9-8-27(13-18(28)3)24(30)14-26(4)34(31,32)22-12-21-20(11-17(22)2)25-23(29)15-33-21/h5-7,10-12,18H,8-9,13-15H2,1-4H3,(H,25,29).